The third-order valence-electron chi connectivity index (χ3n) is 6.80. The molecule has 0 radical (unpaired) electrons. The van der Waals surface area contributed by atoms with E-state index in [1.165, 1.54) is 64.7 Å². The van der Waals surface area contributed by atoms with Crippen molar-refractivity contribution in [2.24, 2.45) is 0 Å². The monoisotopic (exact) mass is 444 g/mol. The molecule has 0 amide bonds. The number of pyridine rings is 2. The van der Waals surface area contributed by atoms with E-state index in [9.17, 15) is 0 Å². The van der Waals surface area contributed by atoms with E-state index >= 15 is 0 Å². The highest BCUT2D eigenvalue weighted by molar-refractivity contribution is 7.21. The Morgan fingerprint density at radius 3 is 1.30 bits per heavy atom. The molecule has 3 aromatic carbocycles. The summed E-state index contributed by atoms with van der Waals surface area (Å²) >= 11 is 1.92. The lowest BCUT2D eigenvalue weighted by Crippen LogP contribution is -1.89. The minimum atomic E-state index is 1.16. The van der Waals surface area contributed by atoms with E-state index in [2.05, 4.69) is 86.2 Å². The number of fused-ring (bicyclic) bond motifs is 6. The number of benzene rings is 3. The molecule has 0 saturated heterocycles. The lowest BCUT2D eigenvalue weighted by Gasteiger charge is -2.12. The van der Waals surface area contributed by atoms with Crippen LogP contribution < -0.4 is 0 Å². The van der Waals surface area contributed by atoms with Crippen LogP contribution in [-0.2, 0) is 0 Å². The average molecular weight is 445 g/mol. The summed E-state index contributed by atoms with van der Waals surface area (Å²) in [6, 6.07) is 17.5. The van der Waals surface area contributed by atoms with Gasteiger partial charge in [-0.25, -0.2) is 0 Å². The highest BCUT2D eigenvalue weighted by atomic mass is 32.1. The van der Waals surface area contributed by atoms with Gasteiger partial charge in [-0.1, -0.05) is 36.4 Å². The van der Waals surface area contributed by atoms with Crippen LogP contribution in [0.2, 0.25) is 0 Å². The molecule has 0 aliphatic rings. The zero-order valence-electron chi connectivity index (χ0n) is 19.2. The summed E-state index contributed by atoms with van der Waals surface area (Å²) in [6.45, 7) is 8.89. The molecule has 0 aliphatic carbocycles. The van der Waals surface area contributed by atoms with Crippen LogP contribution in [0.4, 0.5) is 0 Å². The summed E-state index contributed by atoms with van der Waals surface area (Å²) < 4.78 is 0. The molecule has 160 valence electrons. The van der Waals surface area contributed by atoms with Gasteiger partial charge >= 0.3 is 0 Å². The number of hydrogen-bond donors (Lipinski definition) is 0. The van der Waals surface area contributed by atoms with Crippen molar-refractivity contribution in [3.8, 4) is 20.9 Å². The summed E-state index contributed by atoms with van der Waals surface area (Å²) in [5.41, 5.74) is 7.92. The third-order valence-corrected chi connectivity index (χ3v) is 8.02. The van der Waals surface area contributed by atoms with Gasteiger partial charge in [-0.2, -0.15) is 0 Å². The summed E-state index contributed by atoms with van der Waals surface area (Å²) in [6.07, 6.45) is 7.80. The van der Waals surface area contributed by atoms with Crippen molar-refractivity contribution < 1.29 is 0 Å². The van der Waals surface area contributed by atoms with E-state index in [4.69, 9.17) is 0 Å². The topological polar surface area (TPSA) is 25.8 Å². The Balaban J connectivity index is 1.94. The predicted molar refractivity (Wildman–Crippen MR) is 142 cm³/mol. The Morgan fingerprint density at radius 1 is 0.515 bits per heavy atom. The minimum Gasteiger partial charge on any atom is -0.264 e. The van der Waals surface area contributed by atoms with E-state index in [0.717, 1.165) is 10.8 Å². The molecular weight excluding hydrogens is 420 g/mol. The summed E-state index contributed by atoms with van der Waals surface area (Å²) in [5, 5.41) is 7.45. The molecule has 0 bridgehead atoms. The van der Waals surface area contributed by atoms with Crippen molar-refractivity contribution in [1.29, 1.82) is 0 Å². The van der Waals surface area contributed by atoms with Crippen molar-refractivity contribution in [1.82, 2.24) is 9.97 Å². The second-order valence-electron chi connectivity index (χ2n) is 8.89. The van der Waals surface area contributed by atoms with Crippen LogP contribution in [0.25, 0.3) is 53.2 Å². The van der Waals surface area contributed by atoms with Gasteiger partial charge in [0.15, 0.2) is 0 Å². The number of thiophene rings is 1. The van der Waals surface area contributed by atoms with Crippen LogP contribution in [0.3, 0.4) is 0 Å². The molecular formula is C30H24N2S. The quantitative estimate of drug-likeness (QED) is 0.250. The zero-order chi connectivity index (χ0) is 22.7. The molecule has 33 heavy (non-hydrogen) atoms. The maximum Gasteiger partial charge on any atom is 0.0439 e. The molecule has 0 fully saturated rings. The van der Waals surface area contributed by atoms with Crippen molar-refractivity contribution >= 4 is 43.7 Å². The lowest BCUT2D eigenvalue weighted by atomic mass is 9.91. The van der Waals surface area contributed by atoms with Gasteiger partial charge in [0.05, 0.1) is 0 Å². The Labute approximate surface area is 197 Å². The van der Waals surface area contributed by atoms with Gasteiger partial charge in [-0.15, -0.1) is 11.3 Å². The Bertz CT molecular complexity index is 1540. The first-order chi connectivity index (χ1) is 16.1. The fraction of sp³-hybridized carbons (Fsp3) is 0.133. The van der Waals surface area contributed by atoms with E-state index in [0.29, 0.717) is 0 Å². The highest BCUT2D eigenvalue weighted by Gasteiger charge is 2.23. The molecule has 3 aromatic heterocycles. The fourth-order valence-corrected chi connectivity index (χ4v) is 6.98. The maximum absolute atomic E-state index is 4.48. The number of nitrogens with zero attached hydrogens (tertiary/aromatic N) is 2. The van der Waals surface area contributed by atoms with Crippen LogP contribution in [0.1, 0.15) is 22.3 Å². The van der Waals surface area contributed by atoms with Gasteiger partial charge < -0.3 is 0 Å². The number of aryl methyl sites for hydroxylation is 4. The Morgan fingerprint density at radius 2 is 0.909 bits per heavy atom. The summed E-state index contributed by atoms with van der Waals surface area (Å²) in [5.74, 6) is 0. The molecule has 0 unspecified atom stereocenters. The molecule has 0 aliphatic heterocycles. The maximum atomic E-state index is 4.48. The van der Waals surface area contributed by atoms with Crippen LogP contribution in [0.5, 0.6) is 0 Å². The van der Waals surface area contributed by atoms with Gasteiger partial charge in [0.1, 0.15) is 0 Å². The van der Waals surface area contributed by atoms with Crippen molar-refractivity contribution in [3.63, 3.8) is 0 Å². The largest absolute Gasteiger partial charge is 0.264 e. The standard InChI is InChI=1S/C30H24N2S/c1-17-7-5-8-18(2)25(17)29-27-21-11-13-31-15-23(21)24-16-32-14-12-22(24)28(27)30(33-29)26-19(3)9-6-10-20(26)4/h5-16H,1-4H3. The summed E-state index contributed by atoms with van der Waals surface area (Å²) in [4.78, 5) is 11.6. The Kier molecular flexibility index (Phi) is 4.56. The predicted octanol–water partition coefficient (Wildman–Crippen LogP) is 8.57. The van der Waals surface area contributed by atoms with Gasteiger partial charge in [0.2, 0.25) is 0 Å². The molecule has 6 rings (SSSR count). The number of aromatic nitrogens is 2. The smallest absolute Gasteiger partial charge is 0.0439 e. The molecule has 3 heteroatoms. The molecule has 0 saturated carbocycles. The number of hydrogen-bond acceptors (Lipinski definition) is 3. The van der Waals surface area contributed by atoms with Crippen molar-refractivity contribution in [3.05, 3.63) is 95.6 Å². The van der Waals surface area contributed by atoms with Crippen molar-refractivity contribution in [2.75, 3.05) is 0 Å². The Hall–Kier alpha value is -3.56. The summed E-state index contributed by atoms with van der Waals surface area (Å²) in [7, 11) is 0. The van der Waals surface area contributed by atoms with Crippen molar-refractivity contribution in [2.45, 2.75) is 27.7 Å². The fourth-order valence-electron chi connectivity index (χ4n) is 5.30. The van der Waals surface area contributed by atoms with E-state index in [1.54, 1.807) is 0 Å². The molecule has 3 heterocycles. The van der Waals surface area contributed by atoms with Gasteiger partial charge in [0, 0.05) is 56.1 Å². The van der Waals surface area contributed by atoms with E-state index in [-0.39, 0.29) is 0 Å². The SMILES string of the molecule is Cc1cccc(C)c1-c1sc(-c2c(C)cccc2C)c2c3ccncc3c3cnccc3c12. The first-order valence-electron chi connectivity index (χ1n) is 11.3. The van der Waals surface area contributed by atoms with Gasteiger partial charge in [0.25, 0.3) is 0 Å². The third kappa shape index (κ3) is 2.93. The van der Waals surface area contributed by atoms with Crippen LogP contribution in [0, 0.1) is 27.7 Å². The van der Waals surface area contributed by atoms with Crippen LogP contribution in [-0.4, -0.2) is 9.97 Å². The molecule has 0 atom stereocenters. The number of rotatable bonds is 2. The zero-order valence-corrected chi connectivity index (χ0v) is 20.0. The second kappa shape index (κ2) is 7.50. The van der Waals surface area contributed by atoms with Crippen LogP contribution in [0.15, 0.2) is 73.3 Å². The van der Waals surface area contributed by atoms with E-state index < -0.39 is 0 Å². The highest BCUT2D eigenvalue weighted by Crippen LogP contribution is 2.52. The normalized spacial score (nSPS) is 11.6. The molecule has 0 N–H and O–H groups in total. The van der Waals surface area contributed by atoms with Gasteiger partial charge in [-0.05, 0) is 84.0 Å². The van der Waals surface area contributed by atoms with Gasteiger partial charge in [-0.3, -0.25) is 9.97 Å². The molecule has 2 nitrogen and oxygen atoms in total. The van der Waals surface area contributed by atoms with E-state index in [1.807, 2.05) is 36.1 Å². The second-order valence-corrected chi connectivity index (χ2v) is 9.91. The van der Waals surface area contributed by atoms with Crippen LogP contribution >= 0.6 is 11.3 Å². The first kappa shape index (κ1) is 20.1. The average Bonchev–Trinajstić information content (AvgIpc) is 3.19. The minimum absolute atomic E-state index is 1.16. The molecule has 6 aromatic rings. The lowest BCUT2D eigenvalue weighted by molar-refractivity contribution is 1.35. The first-order valence-corrected chi connectivity index (χ1v) is 12.1. The molecule has 0 spiro atoms.